The maximum Gasteiger partial charge on any atom is 0.130 e. The van der Waals surface area contributed by atoms with Gasteiger partial charge in [-0.25, -0.2) is 4.39 Å². The lowest BCUT2D eigenvalue weighted by Crippen LogP contribution is -1.90. The molecule has 2 heteroatoms. The molecule has 1 N–H and O–H groups in total. The quantitative estimate of drug-likeness (QED) is 0.730. The second-order valence-electron chi connectivity index (χ2n) is 2.56. The molecule has 0 saturated carbocycles. The van der Waals surface area contributed by atoms with Crippen molar-refractivity contribution in [1.29, 1.82) is 0 Å². The summed E-state index contributed by atoms with van der Waals surface area (Å²) in [7, 11) is 0. The Morgan fingerprint density at radius 1 is 1.42 bits per heavy atom. The topological polar surface area (TPSA) is 20.2 Å². The van der Waals surface area contributed by atoms with Crippen LogP contribution in [0.5, 0.6) is 0 Å². The van der Waals surface area contributed by atoms with E-state index in [1.807, 2.05) is 0 Å². The highest BCUT2D eigenvalue weighted by molar-refractivity contribution is 5.63. The Morgan fingerprint density at radius 2 is 2.08 bits per heavy atom. The van der Waals surface area contributed by atoms with Crippen LogP contribution in [0.4, 0.5) is 4.39 Å². The number of hydrogen-bond acceptors (Lipinski definition) is 1. The Balaban J connectivity index is 2.87. The lowest BCUT2D eigenvalue weighted by molar-refractivity contribution is 0.305. The van der Waals surface area contributed by atoms with Crippen LogP contribution in [0, 0.1) is 5.82 Å². The normalized spacial score (nSPS) is 9.83. The van der Waals surface area contributed by atoms with E-state index in [-0.39, 0.29) is 12.4 Å². The molecule has 0 heterocycles. The fourth-order valence-electron chi connectivity index (χ4n) is 1.02. The van der Waals surface area contributed by atoms with Gasteiger partial charge in [-0.05, 0) is 18.1 Å². The van der Waals surface area contributed by atoms with E-state index in [1.54, 1.807) is 18.2 Å². The number of aliphatic hydroxyl groups excluding tert-OH is 1. The van der Waals surface area contributed by atoms with E-state index in [4.69, 9.17) is 5.11 Å². The summed E-state index contributed by atoms with van der Waals surface area (Å²) in [5, 5.41) is 8.61. The highest BCUT2D eigenvalue weighted by Crippen LogP contribution is 2.18. The van der Waals surface area contributed by atoms with E-state index in [1.165, 1.54) is 6.07 Å². The second kappa shape index (κ2) is 4.02. The Labute approximate surface area is 71.2 Å². The summed E-state index contributed by atoms with van der Waals surface area (Å²) in [4.78, 5) is 0. The molecule has 0 atom stereocenters. The molecule has 1 rings (SSSR count). The van der Waals surface area contributed by atoms with Crippen molar-refractivity contribution in [2.45, 2.75) is 6.42 Å². The molecule has 0 bridgehead atoms. The van der Waals surface area contributed by atoms with Crippen molar-refractivity contribution in [1.82, 2.24) is 0 Å². The van der Waals surface area contributed by atoms with Gasteiger partial charge in [0.1, 0.15) is 5.82 Å². The van der Waals surface area contributed by atoms with Gasteiger partial charge in [-0.2, -0.15) is 0 Å². The Kier molecular flexibility index (Phi) is 3.00. The second-order valence-corrected chi connectivity index (χ2v) is 2.56. The predicted molar refractivity (Wildman–Crippen MR) is 47.1 cm³/mol. The largest absolute Gasteiger partial charge is 0.396 e. The first-order valence-electron chi connectivity index (χ1n) is 3.79. The molecule has 0 aliphatic carbocycles. The van der Waals surface area contributed by atoms with Crippen LogP contribution >= 0.6 is 0 Å². The molecule has 1 aromatic carbocycles. The average molecular weight is 166 g/mol. The Hall–Kier alpha value is -1.15. The molecule has 0 aliphatic rings. The first-order valence-corrected chi connectivity index (χ1v) is 3.79. The molecule has 0 saturated heterocycles. The van der Waals surface area contributed by atoms with Crippen molar-refractivity contribution in [3.05, 3.63) is 42.2 Å². The SMILES string of the molecule is C=C(CCO)c1ccccc1F. The van der Waals surface area contributed by atoms with Crippen LogP contribution in [0.25, 0.3) is 5.57 Å². The third-order valence-corrected chi connectivity index (χ3v) is 1.67. The minimum Gasteiger partial charge on any atom is -0.396 e. The molecule has 0 aliphatic heterocycles. The number of hydrogen-bond donors (Lipinski definition) is 1. The fraction of sp³-hybridized carbons (Fsp3) is 0.200. The van der Waals surface area contributed by atoms with Crippen LogP contribution in [0.15, 0.2) is 30.8 Å². The van der Waals surface area contributed by atoms with Crippen molar-refractivity contribution in [3.8, 4) is 0 Å². The van der Waals surface area contributed by atoms with Gasteiger partial charge in [-0.1, -0.05) is 24.8 Å². The van der Waals surface area contributed by atoms with E-state index in [2.05, 4.69) is 6.58 Å². The van der Waals surface area contributed by atoms with Gasteiger partial charge in [0.05, 0.1) is 0 Å². The fourth-order valence-corrected chi connectivity index (χ4v) is 1.02. The number of aliphatic hydroxyl groups is 1. The molecule has 12 heavy (non-hydrogen) atoms. The van der Waals surface area contributed by atoms with Gasteiger partial charge in [-0.15, -0.1) is 0 Å². The number of halogens is 1. The molecule has 0 amide bonds. The first-order chi connectivity index (χ1) is 5.75. The average Bonchev–Trinajstić information content (AvgIpc) is 2.05. The lowest BCUT2D eigenvalue weighted by Gasteiger charge is -2.03. The molecule has 0 spiro atoms. The molecular formula is C10H11FO. The molecule has 1 nitrogen and oxygen atoms in total. The first kappa shape index (κ1) is 8.94. The minimum atomic E-state index is -0.282. The standard InChI is InChI=1S/C10H11FO/c1-8(6-7-12)9-4-2-3-5-10(9)11/h2-5,12H,1,6-7H2. The molecule has 1 aromatic rings. The smallest absolute Gasteiger partial charge is 0.130 e. The van der Waals surface area contributed by atoms with Crippen molar-refractivity contribution < 1.29 is 9.50 Å². The van der Waals surface area contributed by atoms with E-state index < -0.39 is 0 Å². The maximum atomic E-state index is 13.0. The minimum absolute atomic E-state index is 0.00711. The monoisotopic (exact) mass is 166 g/mol. The van der Waals surface area contributed by atoms with Crippen molar-refractivity contribution in [2.24, 2.45) is 0 Å². The predicted octanol–water partition coefficient (Wildman–Crippen LogP) is 2.22. The molecule has 0 aromatic heterocycles. The van der Waals surface area contributed by atoms with E-state index in [0.29, 0.717) is 17.6 Å². The van der Waals surface area contributed by atoms with Crippen LogP contribution in [0.2, 0.25) is 0 Å². The van der Waals surface area contributed by atoms with Gasteiger partial charge in [0.2, 0.25) is 0 Å². The molecule has 64 valence electrons. The third-order valence-electron chi connectivity index (χ3n) is 1.67. The molecular weight excluding hydrogens is 155 g/mol. The number of benzene rings is 1. The van der Waals surface area contributed by atoms with E-state index in [0.717, 1.165) is 0 Å². The number of rotatable bonds is 3. The summed E-state index contributed by atoms with van der Waals surface area (Å²) in [6.45, 7) is 3.68. The summed E-state index contributed by atoms with van der Waals surface area (Å²) in [5.41, 5.74) is 1.13. The summed E-state index contributed by atoms with van der Waals surface area (Å²) in [5.74, 6) is -0.282. The van der Waals surface area contributed by atoms with Gasteiger partial charge in [0, 0.05) is 12.2 Å². The van der Waals surface area contributed by atoms with Gasteiger partial charge in [-0.3, -0.25) is 0 Å². The lowest BCUT2D eigenvalue weighted by atomic mass is 10.0. The van der Waals surface area contributed by atoms with Gasteiger partial charge in [0.15, 0.2) is 0 Å². The zero-order chi connectivity index (χ0) is 8.97. The van der Waals surface area contributed by atoms with Crippen LogP contribution < -0.4 is 0 Å². The van der Waals surface area contributed by atoms with E-state index >= 15 is 0 Å². The van der Waals surface area contributed by atoms with Crippen molar-refractivity contribution in [2.75, 3.05) is 6.61 Å². The van der Waals surface area contributed by atoms with E-state index in [9.17, 15) is 4.39 Å². The summed E-state index contributed by atoms with van der Waals surface area (Å²) in [6.07, 6.45) is 0.418. The molecule has 0 radical (unpaired) electrons. The van der Waals surface area contributed by atoms with Crippen LogP contribution in [0.1, 0.15) is 12.0 Å². The third kappa shape index (κ3) is 1.92. The van der Waals surface area contributed by atoms with Crippen LogP contribution in [0.3, 0.4) is 0 Å². The molecule has 0 unspecified atom stereocenters. The summed E-state index contributed by atoms with van der Waals surface area (Å²) < 4.78 is 13.0. The van der Waals surface area contributed by atoms with Crippen molar-refractivity contribution >= 4 is 5.57 Å². The van der Waals surface area contributed by atoms with Gasteiger partial charge >= 0.3 is 0 Å². The van der Waals surface area contributed by atoms with Gasteiger partial charge in [0.25, 0.3) is 0 Å². The maximum absolute atomic E-state index is 13.0. The van der Waals surface area contributed by atoms with Gasteiger partial charge < -0.3 is 5.11 Å². The zero-order valence-corrected chi connectivity index (χ0v) is 6.76. The summed E-state index contributed by atoms with van der Waals surface area (Å²) in [6, 6.07) is 6.43. The Bertz CT molecular complexity index is 281. The zero-order valence-electron chi connectivity index (χ0n) is 6.76. The Morgan fingerprint density at radius 3 is 2.67 bits per heavy atom. The summed E-state index contributed by atoms with van der Waals surface area (Å²) >= 11 is 0. The molecule has 0 fully saturated rings. The van der Waals surface area contributed by atoms with Crippen LogP contribution in [-0.4, -0.2) is 11.7 Å². The van der Waals surface area contributed by atoms with Crippen LogP contribution in [-0.2, 0) is 0 Å². The highest BCUT2D eigenvalue weighted by atomic mass is 19.1. The van der Waals surface area contributed by atoms with Crippen molar-refractivity contribution in [3.63, 3.8) is 0 Å². The highest BCUT2D eigenvalue weighted by Gasteiger charge is 2.03.